The van der Waals surface area contributed by atoms with Crippen LogP contribution >= 0.6 is 0 Å². The summed E-state index contributed by atoms with van der Waals surface area (Å²) in [4.78, 5) is 22.2. The largest absolute Gasteiger partial charge is 0.444 e. The highest BCUT2D eigenvalue weighted by atomic mass is 16.5. The van der Waals surface area contributed by atoms with Gasteiger partial charge in [-0.3, -0.25) is 9.59 Å². The number of rotatable bonds is 3. The molecule has 0 fully saturated rings. The minimum atomic E-state index is -0.808. The van der Waals surface area contributed by atoms with Gasteiger partial charge in [0.2, 0.25) is 0 Å². The number of terminal acetylenes is 1. The van der Waals surface area contributed by atoms with Crippen molar-refractivity contribution in [2.75, 3.05) is 0 Å². The second kappa shape index (κ2) is 5.13. The number of Topliss-reactive ketones (excluding diaryl/α,β-unsaturated/α-hetero) is 1. The average Bonchev–Trinajstić information content (AvgIpc) is 2.25. The number of ketones is 1. The molecule has 0 spiro atoms. The monoisotopic (exact) mass is 216 g/mol. The maximum atomic E-state index is 11.4. The highest BCUT2D eigenvalue weighted by Crippen LogP contribution is 2.21. The Bertz CT molecular complexity index is 454. The van der Waals surface area contributed by atoms with Gasteiger partial charge in [-0.15, -0.1) is 6.42 Å². The number of carbonyl (C=O) groups is 2. The van der Waals surface area contributed by atoms with Crippen molar-refractivity contribution in [1.82, 2.24) is 0 Å². The highest BCUT2D eigenvalue weighted by Gasteiger charge is 2.17. The lowest BCUT2D eigenvalue weighted by molar-refractivity contribution is -0.144. The Morgan fingerprint density at radius 2 is 1.94 bits per heavy atom. The molecule has 3 nitrogen and oxygen atoms in total. The molecule has 0 amide bonds. The third kappa shape index (κ3) is 2.71. The van der Waals surface area contributed by atoms with Crippen LogP contribution in [-0.2, 0) is 9.53 Å². The molecule has 1 rings (SSSR count). The summed E-state index contributed by atoms with van der Waals surface area (Å²) in [5.41, 5.74) is 1.03. The Morgan fingerprint density at radius 1 is 1.31 bits per heavy atom. The van der Waals surface area contributed by atoms with Crippen molar-refractivity contribution in [3.05, 3.63) is 35.4 Å². The second-order valence-electron chi connectivity index (χ2n) is 3.30. The first kappa shape index (κ1) is 12.0. The first-order valence-electron chi connectivity index (χ1n) is 4.79. The smallest absolute Gasteiger partial charge is 0.304 e. The molecule has 0 aromatic heterocycles. The molecule has 0 aliphatic heterocycles. The average molecular weight is 216 g/mol. The highest BCUT2D eigenvalue weighted by molar-refractivity contribution is 5.95. The van der Waals surface area contributed by atoms with Crippen molar-refractivity contribution < 1.29 is 14.3 Å². The van der Waals surface area contributed by atoms with Crippen molar-refractivity contribution in [1.29, 1.82) is 0 Å². The number of benzene rings is 1. The minimum Gasteiger partial charge on any atom is -0.444 e. The summed E-state index contributed by atoms with van der Waals surface area (Å²) < 4.78 is 4.95. The standard InChI is InChI=1S/C13H12O3/c1-4-13(16-10(3)15)12-8-6-5-7-11(12)9(2)14/h1,5-8,13H,2-3H3. The van der Waals surface area contributed by atoms with Gasteiger partial charge in [0.15, 0.2) is 11.9 Å². The summed E-state index contributed by atoms with van der Waals surface area (Å²) in [5.74, 6) is 1.77. The summed E-state index contributed by atoms with van der Waals surface area (Å²) in [6.07, 6.45) is 4.48. The van der Waals surface area contributed by atoms with Crippen molar-refractivity contribution in [2.45, 2.75) is 20.0 Å². The number of hydrogen-bond acceptors (Lipinski definition) is 3. The second-order valence-corrected chi connectivity index (χ2v) is 3.30. The van der Waals surface area contributed by atoms with Gasteiger partial charge in [0.1, 0.15) is 0 Å². The van der Waals surface area contributed by atoms with E-state index in [4.69, 9.17) is 11.2 Å². The van der Waals surface area contributed by atoms with Gasteiger partial charge in [-0.05, 0) is 6.92 Å². The molecule has 0 heterocycles. The third-order valence-electron chi connectivity index (χ3n) is 2.06. The van der Waals surface area contributed by atoms with E-state index < -0.39 is 12.1 Å². The molecule has 1 aromatic rings. The van der Waals surface area contributed by atoms with Crippen LogP contribution in [-0.4, -0.2) is 11.8 Å². The summed E-state index contributed by atoms with van der Waals surface area (Å²) in [5, 5.41) is 0. The molecular formula is C13H12O3. The molecule has 1 aromatic carbocycles. The van der Waals surface area contributed by atoms with Crippen LogP contribution in [0, 0.1) is 12.3 Å². The van der Waals surface area contributed by atoms with Gasteiger partial charge in [-0.25, -0.2) is 0 Å². The topological polar surface area (TPSA) is 43.4 Å². The number of hydrogen-bond donors (Lipinski definition) is 0. The van der Waals surface area contributed by atoms with Crippen LogP contribution in [0.1, 0.15) is 35.9 Å². The fourth-order valence-electron chi connectivity index (χ4n) is 1.40. The normalized spacial score (nSPS) is 11.3. The lowest BCUT2D eigenvalue weighted by Crippen LogP contribution is -2.10. The van der Waals surface area contributed by atoms with E-state index in [9.17, 15) is 9.59 Å². The third-order valence-corrected chi connectivity index (χ3v) is 2.06. The molecule has 1 atom stereocenters. The van der Waals surface area contributed by atoms with Gasteiger partial charge >= 0.3 is 5.97 Å². The van der Waals surface area contributed by atoms with Gasteiger partial charge in [-0.2, -0.15) is 0 Å². The van der Waals surface area contributed by atoms with Crippen LogP contribution in [0.2, 0.25) is 0 Å². The van der Waals surface area contributed by atoms with E-state index in [0.29, 0.717) is 11.1 Å². The molecule has 0 saturated carbocycles. The molecule has 82 valence electrons. The van der Waals surface area contributed by atoms with Crippen molar-refractivity contribution in [3.63, 3.8) is 0 Å². The lowest BCUT2D eigenvalue weighted by atomic mass is 10.00. The Labute approximate surface area is 94.4 Å². The van der Waals surface area contributed by atoms with Gasteiger partial charge in [0.05, 0.1) is 0 Å². The van der Waals surface area contributed by atoms with Gasteiger partial charge in [0.25, 0.3) is 0 Å². The quantitative estimate of drug-likeness (QED) is 0.441. The van der Waals surface area contributed by atoms with Gasteiger partial charge < -0.3 is 4.74 Å². The van der Waals surface area contributed by atoms with Crippen LogP contribution in [0.25, 0.3) is 0 Å². The fraction of sp³-hybridized carbons (Fsp3) is 0.231. The molecule has 16 heavy (non-hydrogen) atoms. The number of ether oxygens (including phenoxy) is 1. The zero-order valence-electron chi connectivity index (χ0n) is 9.19. The first-order chi connectivity index (χ1) is 7.56. The summed E-state index contributed by atoms with van der Waals surface area (Å²) in [7, 11) is 0. The van der Waals surface area contributed by atoms with E-state index in [2.05, 4.69) is 5.92 Å². The van der Waals surface area contributed by atoms with E-state index in [0.717, 1.165) is 0 Å². The number of carbonyl (C=O) groups excluding carboxylic acids is 2. The van der Waals surface area contributed by atoms with Crippen LogP contribution in [0.15, 0.2) is 24.3 Å². The van der Waals surface area contributed by atoms with E-state index in [1.54, 1.807) is 24.3 Å². The van der Waals surface area contributed by atoms with E-state index in [1.807, 2.05) is 0 Å². The zero-order chi connectivity index (χ0) is 12.1. The molecule has 0 N–H and O–H groups in total. The van der Waals surface area contributed by atoms with Gasteiger partial charge in [-0.1, -0.05) is 30.2 Å². The van der Waals surface area contributed by atoms with Crippen LogP contribution in [0.4, 0.5) is 0 Å². The van der Waals surface area contributed by atoms with Crippen molar-refractivity contribution in [2.24, 2.45) is 0 Å². The SMILES string of the molecule is C#CC(OC(C)=O)c1ccccc1C(C)=O. The van der Waals surface area contributed by atoms with Gasteiger partial charge in [0, 0.05) is 18.1 Å². The predicted octanol–water partition coefficient (Wildman–Crippen LogP) is 2.13. The molecule has 0 aliphatic carbocycles. The Kier molecular flexibility index (Phi) is 3.84. The van der Waals surface area contributed by atoms with Crippen LogP contribution in [0.3, 0.4) is 0 Å². The summed E-state index contributed by atoms with van der Waals surface area (Å²) >= 11 is 0. The molecule has 1 unspecified atom stereocenters. The summed E-state index contributed by atoms with van der Waals surface area (Å²) in [6.45, 7) is 2.72. The Balaban J connectivity index is 3.15. The fourth-order valence-corrected chi connectivity index (χ4v) is 1.40. The van der Waals surface area contributed by atoms with E-state index in [1.165, 1.54) is 13.8 Å². The summed E-state index contributed by atoms with van der Waals surface area (Å²) in [6, 6.07) is 6.83. The van der Waals surface area contributed by atoms with Crippen LogP contribution in [0.5, 0.6) is 0 Å². The van der Waals surface area contributed by atoms with E-state index >= 15 is 0 Å². The molecule has 0 saturated heterocycles. The predicted molar refractivity (Wildman–Crippen MR) is 59.8 cm³/mol. The molecule has 0 aliphatic rings. The molecule has 0 radical (unpaired) electrons. The van der Waals surface area contributed by atoms with Crippen molar-refractivity contribution >= 4 is 11.8 Å². The minimum absolute atomic E-state index is 0.108. The Morgan fingerprint density at radius 3 is 2.44 bits per heavy atom. The maximum Gasteiger partial charge on any atom is 0.304 e. The zero-order valence-corrected chi connectivity index (χ0v) is 9.19. The van der Waals surface area contributed by atoms with E-state index in [-0.39, 0.29) is 5.78 Å². The molecule has 0 bridgehead atoms. The molecular weight excluding hydrogens is 204 g/mol. The molecule has 3 heteroatoms. The number of esters is 1. The Hall–Kier alpha value is -2.08. The van der Waals surface area contributed by atoms with Crippen molar-refractivity contribution in [3.8, 4) is 12.3 Å². The maximum absolute atomic E-state index is 11.4. The van der Waals surface area contributed by atoms with Crippen LogP contribution < -0.4 is 0 Å². The first-order valence-corrected chi connectivity index (χ1v) is 4.79. The lowest BCUT2D eigenvalue weighted by Gasteiger charge is -2.13.